The molecule has 0 amide bonds. The number of rotatable bonds is 2. The molecule has 2 rings (SSSR count). The smallest absolute Gasteiger partial charge is 0.0818 e. The number of aliphatic hydroxyl groups excluding tert-OH is 1. The zero-order valence-electron chi connectivity index (χ0n) is 7.00. The Morgan fingerprint density at radius 3 is 2.69 bits per heavy atom. The lowest BCUT2D eigenvalue weighted by Gasteiger charge is -2.09. The maximum atomic E-state index is 9.81. The van der Waals surface area contributed by atoms with Gasteiger partial charge in [-0.05, 0) is 59.0 Å². The van der Waals surface area contributed by atoms with E-state index in [9.17, 15) is 5.11 Å². The van der Waals surface area contributed by atoms with E-state index in [1.54, 1.807) is 0 Å². The summed E-state index contributed by atoms with van der Waals surface area (Å²) in [6, 6.07) is 5.77. The van der Waals surface area contributed by atoms with Gasteiger partial charge in [0.25, 0.3) is 0 Å². The number of aliphatic hydroxyl groups is 1. The molecule has 1 aliphatic carbocycles. The molecule has 0 aliphatic heterocycles. The first-order valence-corrected chi connectivity index (χ1v) is 5.77. The molecule has 1 atom stereocenters. The van der Waals surface area contributed by atoms with E-state index in [4.69, 9.17) is 11.6 Å². The molecule has 70 valence electrons. The molecule has 1 nitrogen and oxygen atoms in total. The van der Waals surface area contributed by atoms with Crippen molar-refractivity contribution < 1.29 is 5.11 Å². The van der Waals surface area contributed by atoms with Gasteiger partial charge in [-0.1, -0.05) is 17.7 Å². The first-order chi connectivity index (χ1) is 6.18. The van der Waals surface area contributed by atoms with Crippen LogP contribution < -0.4 is 0 Å². The van der Waals surface area contributed by atoms with Crippen LogP contribution >= 0.6 is 34.2 Å². The summed E-state index contributed by atoms with van der Waals surface area (Å²) in [5, 5.41) is 10.5. The van der Waals surface area contributed by atoms with Crippen molar-refractivity contribution >= 4 is 34.2 Å². The second-order valence-electron chi connectivity index (χ2n) is 3.46. The molecule has 1 N–H and O–H groups in total. The van der Waals surface area contributed by atoms with Crippen molar-refractivity contribution in [1.82, 2.24) is 0 Å². The van der Waals surface area contributed by atoms with Crippen molar-refractivity contribution in [3.8, 4) is 0 Å². The third kappa shape index (κ3) is 2.17. The molecule has 1 saturated carbocycles. The van der Waals surface area contributed by atoms with Gasteiger partial charge in [0.1, 0.15) is 0 Å². The molecular formula is C10H10ClIO. The van der Waals surface area contributed by atoms with Gasteiger partial charge in [0.2, 0.25) is 0 Å². The highest BCUT2D eigenvalue weighted by atomic mass is 127. The Labute approximate surface area is 96.2 Å². The van der Waals surface area contributed by atoms with E-state index >= 15 is 0 Å². The second-order valence-corrected chi connectivity index (χ2v) is 5.03. The second kappa shape index (κ2) is 3.75. The molecule has 13 heavy (non-hydrogen) atoms. The molecule has 0 bridgehead atoms. The summed E-state index contributed by atoms with van der Waals surface area (Å²) in [5.41, 5.74) is 0.952. The van der Waals surface area contributed by atoms with Gasteiger partial charge in [-0.3, -0.25) is 0 Å². The molecule has 1 unspecified atom stereocenters. The molecule has 1 aliphatic rings. The molecule has 3 heteroatoms. The van der Waals surface area contributed by atoms with Gasteiger partial charge in [-0.2, -0.15) is 0 Å². The van der Waals surface area contributed by atoms with Crippen molar-refractivity contribution in [3.05, 3.63) is 32.4 Å². The molecule has 0 aromatic heterocycles. The van der Waals surface area contributed by atoms with Crippen molar-refractivity contribution in [2.75, 3.05) is 0 Å². The van der Waals surface area contributed by atoms with E-state index in [0.29, 0.717) is 5.92 Å². The van der Waals surface area contributed by atoms with Crippen molar-refractivity contribution in [3.63, 3.8) is 0 Å². The number of hydrogen-bond acceptors (Lipinski definition) is 1. The quantitative estimate of drug-likeness (QED) is 0.830. The van der Waals surface area contributed by atoms with Crippen LogP contribution in [0.1, 0.15) is 24.5 Å². The lowest BCUT2D eigenvalue weighted by Crippen LogP contribution is -1.99. The van der Waals surface area contributed by atoms with Crippen molar-refractivity contribution in [2.45, 2.75) is 18.9 Å². The molecule has 0 heterocycles. The van der Waals surface area contributed by atoms with E-state index in [1.807, 2.05) is 18.2 Å². The predicted octanol–water partition coefficient (Wildman–Crippen LogP) is 3.39. The largest absolute Gasteiger partial charge is 0.388 e. The number of halogens is 2. The highest BCUT2D eigenvalue weighted by molar-refractivity contribution is 14.1. The summed E-state index contributed by atoms with van der Waals surface area (Å²) in [5.74, 6) is 0.469. The normalized spacial score (nSPS) is 18.7. The third-order valence-electron chi connectivity index (χ3n) is 2.35. The van der Waals surface area contributed by atoms with Crippen LogP contribution in [-0.2, 0) is 0 Å². The molecule has 1 aromatic carbocycles. The monoisotopic (exact) mass is 308 g/mol. The van der Waals surface area contributed by atoms with E-state index in [2.05, 4.69) is 22.6 Å². The van der Waals surface area contributed by atoms with Gasteiger partial charge in [0, 0.05) is 3.57 Å². The Bertz CT molecular complexity index is 323. The summed E-state index contributed by atoms with van der Waals surface area (Å²) in [7, 11) is 0. The van der Waals surface area contributed by atoms with Gasteiger partial charge in [0.15, 0.2) is 0 Å². The minimum Gasteiger partial charge on any atom is -0.388 e. The molecular weight excluding hydrogens is 298 g/mol. The lowest BCUT2D eigenvalue weighted by molar-refractivity contribution is 0.154. The molecule has 0 saturated heterocycles. The van der Waals surface area contributed by atoms with Crippen LogP contribution in [-0.4, -0.2) is 5.11 Å². The van der Waals surface area contributed by atoms with Crippen molar-refractivity contribution in [1.29, 1.82) is 0 Å². The van der Waals surface area contributed by atoms with Crippen LogP contribution in [0.4, 0.5) is 0 Å². The van der Waals surface area contributed by atoms with E-state index in [0.717, 1.165) is 27.0 Å². The molecule has 0 radical (unpaired) electrons. The average Bonchev–Trinajstić information content (AvgIpc) is 2.91. The van der Waals surface area contributed by atoms with Crippen LogP contribution in [0.2, 0.25) is 5.02 Å². The van der Waals surface area contributed by atoms with Gasteiger partial charge < -0.3 is 5.11 Å². The average molecular weight is 309 g/mol. The number of benzene rings is 1. The molecule has 1 fully saturated rings. The maximum absolute atomic E-state index is 9.81. The van der Waals surface area contributed by atoms with Gasteiger partial charge in [-0.25, -0.2) is 0 Å². The van der Waals surface area contributed by atoms with E-state index < -0.39 is 0 Å². The van der Waals surface area contributed by atoms with Crippen LogP contribution in [0.15, 0.2) is 18.2 Å². The minimum atomic E-state index is -0.311. The predicted molar refractivity (Wildman–Crippen MR) is 61.9 cm³/mol. The van der Waals surface area contributed by atoms with Gasteiger partial charge in [-0.15, -0.1) is 0 Å². The van der Waals surface area contributed by atoms with Gasteiger partial charge in [0.05, 0.1) is 11.1 Å². The number of hydrogen-bond donors (Lipinski definition) is 1. The maximum Gasteiger partial charge on any atom is 0.0818 e. The standard InChI is InChI=1S/C10H10ClIO/c11-8-5-7(3-4-9(8)12)10(13)6-1-2-6/h3-6,10,13H,1-2H2. The van der Waals surface area contributed by atoms with Crippen LogP contribution in [0.3, 0.4) is 0 Å². The summed E-state index contributed by atoms with van der Waals surface area (Å²) < 4.78 is 1.03. The summed E-state index contributed by atoms with van der Waals surface area (Å²) in [6.07, 6.45) is 1.98. The van der Waals surface area contributed by atoms with Crippen LogP contribution in [0, 0.1) is 9.49 Å². The van der Waals surface area contributed by atoms with Crippen LogP contribution in [0.5, 0.6) is 0 Å². The fourth-order valence-corrected chi connectivity index (χ4v) is 1.90. The summed E-state index contributed by atoms with van der Waals surface area (Å²) >= 11 is 8.15. The minimum absolute atomic E-state index is 0.311. The third-order valence-corrected chi connectivity index (χ3v) is 3.93. The highest BCUT2D eigenvalue weighted by Crippen LogP contribution is 2.41. The zero-order chi connectivity index (χ0) is 9.42. The Hall–Kier alpha value is 0.200. The van der Waals surface area contributed by atoms with E-state index in [1.165, 1.54) is 0 Å². The topological polar surface area (TPSA) is 20.2 Å². The molecule has 1 aromatic rings. The zero-order valence-corrected chi connectivity index (χ0v) is 9.92. The SMILES string of the molecule is OC(c1ccc(I)c(Cl)c1)C1CC1. The van der Waals surface area contributed by atoms with Crippen LogP contribution in [0.25, 0.3) is 0 Å². The van der Waals surface area contributed by atoms with E-state index in [-0.39, 0.29) is 6.10 Å². The Morgan fingerprint density at radius 2 is 2.15 bits per heavy atom. The summed E-state index contributed by atoms with van der Waals surface area (Å²) in [4.78, 5) is 0. The Morgan fingerprint density at radius 1 is 1.46 bits per heavy atom. The van der Waals surface area contributed by atoms with Crippen molar-refractivity contribution in [2.24, 2.45) is 5.92 Å². The Balaban J connectivity index is 2.24. The highest BCUT2D eigenvalue weighted by Gasteiger charge is 2.30. The van der Waals surface area contributed by atoms with Gasteiger partial charge >= 0.3 is 0 Å². The lowest BCUT2D eigenvalue weighted by atomic mass is 10.1. The first-order valence-electron chi connectivity index (χ1n) is 4.31. The fraction of sp³-hybridized carbons (Fsp3) is 0.400. The first kappa shape index (κ1) is 9.74. The Kier molecular flexibility index (Phi) is 2.81. The summed E-state index contributed by atoms with van der Waals surface area (Å²) in [6.45, 7) is 0. The molecule has 0 spiro atoms. The fourth-order valence-electron chi connectivity index (χ4n) is 1.38.